The standard InChI is InChI=1S/C22H27N3O4S/c1-5-25(12-15(3)11-23)13-19(26)24-21-20(22(27)29-6-2)18(14-30-21)16-7-9-17(28-4)10-8-16/h7-10,14-15H,5-6,12-13H2,1-4H3,(H,24,26). The van der Waals surface area contributed by atoms with E-state index >= 15 is 0 Å². The fraction of sp³-hybridized carbons (Fsp3) is 0.409. The molecule has 0 aliphatic rings. The predicted octanol–water partition coefficient (Wildman–Crippen LogP) is 4.02. The smallest absolute Gasteiger partial charge is 0.341 e. The van der Waals surface area contributed by atoms with Crippen LogP contribution in [0.2, 0.25) is 0 Å². The molecule has 0 radical (unpaired) electrons. The second kappa shape index (κ2) is 11.3. The quantitative estimate of drug-likeness (QED) is 0.574. The Morgan fingerprint density at radius 3 is 2.53 bits per heavy atom. The number of methoxy groups -OCH3 is 1. The zero-order valence-electron chi connectivity index (χ0n) is 17.7. The molecule has 1 atom stereocenters. The molecule has 160 valence electrons. The molecule has 30 heavy (non-hydrogen) atoms. The summed E-state index contributed by atoms with van der Waals surface area (Å²) in [4.78, 5) is 27.2. The zero-order chi connectivity index (χ0) is 22.1. The number of anilines is 1. The lowest BCUT2D eigenvalue weighted by atomic mass is 10.0. The number of carbonyl (C=O) groups excluding carboxylic acids is 2. The molecule has 2 aromatic rings. The van der Waals surface area contributed by atoms with Gasteiger partial charge in [-0.1, -0.05) is 19.1 Å². The van der Waals surface area contributed by atoms with Gasteiger partial charge in [-0.3, -0.25) is 9.69 Å². The van der Waals surface area contributed by atoms with Crippen molar-refractivity contribution in [3.05, 3.63) is 35.2 Å². The molecule has 0 fully saturated rings. The van der Waals surface area contributed by atoms with Gasteiger partial charge >= 0.3 is 5.97 Å². The molecule has 0 saturated heterocycles. The van der Waals surface area contributed by atoms with Gasteiger partial charge in [0, 0.05) is 17.5 Å². The zero-order valence-corrected chi connectivity index (χ0v) is 18.5. The molecule has 0 spiro atoms. The van der Waals surface area contributed by atoms with E-state index in [0.29, 0.717) is 35.0 Å². The molecule has 7 nitrogen and oxygen atoms in total. The molecule has 1 amide bonds. The summed E-state index contributed by atoms with van der Waals surface area (Å²) in [7, 11) is 1.59. The minimum absolute atomic E-state index is 0.139. The van der Waals surface area contributed by atoms with E-state index in [1.165, 1.54) is 11.3 Å². The van der Waals surface area contributed by atoms with Gasteiger partial charge in [0.15, 0.2) is 0 Å². The van der Waals surface area contributed by atoms with Gasteiger partial charge in [-0.2, -0.15) is 5.26 Å². The number of nitrogens with one attached hydrogen (secondary N) is 1. The lowest BCUT2D eigenvalue weighted by Gasteiger charge is -2.20. The van der Waals surface area contributed by atoms with Gasteiger partial charge in [-0.25, -0.2) is 4.79 Å². The van der Waals surface area contributed by atoms with Crippen molar-refractivity contribution in [2.24, 2.45) is 5.92 Å². The van der Waals surface area contributed by atoms with E-state index in [4.69, 9.17) is 14.7 Å². The molecule has 0 saturated carbocycles. The Bertz CT molecular complexity index is 902. The Balaban J connectivity index is 2.26. The van der Waals surface area contributed by atoms with Gasteiger partial charge in [-0.15, -0.1) is 11.3 Å². The number of nitriles is 1. The first kappa shape index (κ1) is 23.4. The van der Waals surface area contributed by atoms with Crippen LogP contribution in [0, 0.1) is 17.2 Å². The molecule has 0 aliphatic heterocycles. The molecule has 1 unspecified atom stereocenters. The summed E-state index contributed by atoms with van der Waals surface area (Å²) in [6.07, 6.45) is 0. The van der Waals surface area contributed by atoms with E-state index < -0.39 is 5.97 Å². The summed E-state index contributed by atoms with van der Waals surface area (Å²) < 4.78 is 10.4. The van der Waals surface area contributed by atoms with Gasteiger partial charge in [0.05, 0.1) is 32.2 Å². The Hall–Kier alpha value is -2.89. The molecule has 8 heteroatoms. The van der Waals surface area contributed by atoms with Crippen LogP contribution in [0.25, 0.3) is 11.1 Å². The Morgan fingerprint density at radius 1 is 1.27 bits per heavy atom. The number of thiophene rings is 1. The second-order valence-electron chi connectivity index (χ2n) is 6.71. The SMILES string of the molecule is CCOC(=O)c1c(-c2ccc(OC)cc2)csc1NC(=O)CN(CC)CC(C)C#N. The highest BCUT2D eigenvalue weighted by Gasteiger charge is 2.23. The maximum absolute atomic E-state index is 12.7. The summed E-state index contributed by atoms with van der Waals surface area (Å²) in [6.45, 7) is 7.03. The fourth-order valence-electron chi connectivity index (χ4n) is 2.94. The van der Waals surface area contributed by atoms with Crippen LogP contribution < -0.4 is 10.1 Å². The number of nitrogens with zero attached hydrogens (tertiary/aromatic N) is 2. The lowest BCUT2D eigenvalue weighted by Crippen LogP contribution is -2.35. The van der Waals surface area contributed by atoms with Crippen molar-refractivity contribution < 1.29 is 19.1 Å². The van der Waals surface area contributed by atoms with Crippen molar-refractivity contribution in [1.82, 2.24) is 4.90 Å². The minimum Gasteiger partial charge on any atom is -0.497 e. The van der Waals surface area contributed by atoms with E-state index in [2.05, 4.69) is 11.4 Å². The van der Waals surface area contributed by atoms with Crippen LogP contribution in [0.4, 0.5) is 5.00 Å². The van der Waals surface area contributed by atoms with Crippen LogP contribution in [0.15, 0.2) is 29.6 Å². The summed E-state index contributed by atoms with van der Waals surface area (Å²) in [6, 6.07) is 9.53. The molecular weight excluding hydrogens is 402 g/mol. The van der Waals surface area contributed by atoms with E-state index in [1.54, 1.807) is 14.0 Å². The van der Waals surface area contributed by atoms with Gasteiger partial charge in [0.1, 0.15) is 16.3 Å². The van der Waals surface area contributed by atoms with Crippen molar-refractivity contribution in [2.45, 2.75) is 20.8 Å². The molecule has 1 aromatic heterocycles. The monoisotopic (exact) mass is 429 g/mol. The maximum Gasteiger partial charge on any atom is 0.341 e. The minimum atomic E-state index is -0.481. The molecule has 1 aromatic carbocycles. The van der Waals surface area contributed by atoms with Crippen molar-refractivity contribution in [2.75, 3.05) is 38.7 Å². The van der Waals surface area contributed by atoms with Gasteiger partial charge in [0.25, 0.3) is 0 Å². The number of hydrogen-bond acceptors (Lipinski definition) is 7. The summed E-state index contributed by atoms with van der Waals surface area (Å²) in [5, 5.41) is 14.1. The first-order valence-electron chi connectivity index (χ1n) is 9.78. The Kier molecular flexibility index (Phi) is 8.84. The van der Waals surface area contributed by atoms with Crippen LogP contribution in [-0.4, -0.2) is 50.1 Å². The number of carbonyl (C=O) groups is 2. The third kappa shape index (κ3) is 6.05. The number of ether oxygens (including phenoxy) is 2. The highest BCUT2D eigenvalue weighted by Crippen LogP contribution is 2.36. The first-order valence-corrected chi connectivity index (χ1v) is 10.7. The van der Waals surface area contributed by atoms with Crippen molar-refractivity contribution in [1.29, 1.82) is 5.26 Å². The normalized spacial score (nSPS) is 11.6. The van der Waals surface area contributed by atoms with E-state index in [-0.39, 0.29) is 25.0 Å². The average Bonchev–Trinajstić information content (AvgIpc) is 3.16. The number of rotatable bonds is 10. The van der Waals surface area contributed by atoms with Crippen molar-refractivity contribution >= 4 is 28.2 Å². The van der Waals surface area contributed by atoms with Crippen LogP contribution in [0.3, 0.4) is 0 Å². The second-order valence-corrected chi connectivity index (χ2v) is 7.59. The summed E-state index contributed by atoms with van der Waals surface area (Å²) >= 11 is 1.28. The third-order valence-corrected chi connectivity index (χ3v) is 5.39. The number of amides is 1. The van der Waals surface area contributed by atoms with Crippen LogP contribution >= 0.6 is 11.3 Å². The maximum atomic E-state index is 12.7. The average molecular weight is 430 g/mol. The first-order chi connectivity index (χ1) is 14.4. The van der Waals surface area contributed by atoms with Gasteiger partial charge in [-0.05, 0) is 38.1 Å². The largest absolute Gasteiger partial charge is 0.497 e. The third-order valence-electron chi connectivity index (χ3n) is 4.49. The van der Waals surface area contributed by atoms with Crippen LogP contribution in [0.1, 0.15) is 31.1 Å². The van der Waals surface area contributed by atoms with Crippen molar-refractivity contribution in [3.63, 3.8) is 0 Å². The molecule has 1 N–H and O–H groups in total. The summed E-state index contributed by atoms with van der Waals surface area (Å²) in [5.41, 5.74) is 1.87. The Labute approximate surface area is 181 Å². The van der Waals surface area contributed by atoms with E-state index in [0.717, 1.165) is 5.56 Å². The molecular formula is C22H27N3O4S. The van der Waals surface area contributed by atoms with Crippen molar-refractivity contribution in [3.8, 4) is 22.9 Å². The van der Waals surface area contributed by atoms with Gasteiger partial charge < -0.3 is 14.8 Å². The molecule has 1 heterocycles. The topological polar surface area (TPSA) is 91.7 Å². The highest BCUT2D eigenvalue weighted by molar-refractivity contribution is 7.15. The van der Waals surface area contributed by atoms with Crippen LogP contribution in [-0.2, 0) is 9.53 Å². The molecule has 0 bridgehead atoms. The number of hydrogen-bond donors (Lipinski definition) is 1. The summed E-state index contributed by atoms with van der Waals surface area (Å²) in [5.74, 6) is -0.177. The highest BCUT2D eigenvalue weighted by atomic mass is 32.1. The fourth-order valence-corrected chi connectivity index (χ4v) is 3.92. The predicted molar refractivity (Wildman–Crippen MR) is 118 cm³/mol. The lowest BCUT2D eigenvalue weighted by molar-refractivity contribution is -0.117. The van der Waals surface area contributed by atoms with Gasteiger partial charge in [0.2, 0.25) is 5.91 Å². The number of likely N-dealkylation sites (N-methyl/N-ethyl adjacent to an activating group) is 1. The molecule has 0 aliphatic carbocycles. The molecule has 2 rings (SSSR count). The number of esters is 1. The van der Waals surface area contributed by atoms with E-state index in [1.807, 2.05) is 48.4 Å². The van der Waals surface area contributed by atoms with E-state index in [9.17, 15) is 9.59 Å². The number of benzene rings is 1. The Morgan fingerprint density at radius 2 is 1.97 bits per heavy atom. The van der Waals surface area contributed by atoms with Crippen LogP contribution in [0.5, 0.6) is 5.75 Å².